The van der Waals surface area contributed by atoms with Crippen molar-refractivity contribution in [1.29, 1.82) is 0 Å². The lowest BCUT2D eigenvalue weighted by atomic mass is 10.1. The van der Waals surface area contributed by atoms with E-state index in [2.05, 4.69) is 20.9 Å². The molecule has 3 heterocycles. The van der Waals surface area contributed by atoms with Gasteiger partial charge in [0.15, 0.2) is 0 Å². The number of benzene rings is 1. The fourth-order valence-corrected chi connectivity index (χ4v) is 3.12. The summed E-state index contributed by atoms with van der Waals surface area (Å²) in [5.74, 6) is 0.173. The summed E-state index contributed by atoms with van der Waals surface area (Å²) in [4.78, 5) is 16.9. The van der Waals surface area contributed by atoms with Gasteiger partial charge in [0.05, 0.1) is 15.9 Å². The molecule has 0 N–H and O–H groups in total. The molecule has 1 aliphatic rings. The van der Waals surface area contributed by atoms with E-state index in [0.29, 0.717) is 21.6 Å². The predicted octanol–water partition coefficient (Wildman–Crippen LogP) is 3.69. The number of ether oxygens (including phenoxy) is 1. The van der Waals surface area contributed by atoms with Crippen molar-refractivity contribution in [3.05, 3.63) is 75.0 Å². The van der Waals surface area contributed by atoms with Gasteiger partial charge in [-0.25, -0.2) is 4.39 Å². The van der Waals surface area contributed by atoms with Crippen LogP contribution in [0.3, 0.4) is 0 Å². The third-order valence-corrected chi connectivity index (χ3v) is 4.31. The van der Waals surface area contributed by atoms with Gasteiger partial charge in [-0.2, -0.15) is 0 Å². The molecule has 0 fully saturated rings. The highest BCUT2D eigenvalue weighted by molar-refractivity contribution is 9.10. The molecule has 0 bridgehead atoms. The minimum Gasteiger partial charge on any atom is -0.485 e. The van der Waals surface area contributed by atoms with Crippen LogP contribution in [0.1, 0.15) is 5.69 Å². The molecule has 0 spiro atoms. The molecule has 3 aromatic rings. The second kappa shape index (κ2) is 5.31. The first-order valence-electron chi connectivity index (χ1n) is 6.94. The predicted molar refractivity (Wildman–Crippen MR) is 87.3 cm³/mol. The van der Waals surface area contributed by atoms with Gasteiger partial charge in [0.25, 0.3) is 5.56 Å². The molecule has 114 valence electrons. The van der Waals surface area contributed by atoms with Gasteiger partial charge in [0.2, 0.25) is 0 Å². The van der Waals surface area contributed by atoms with Gasteiger partial charge in [0, 0.05) is 11.8 Å². The van der Waals surface area contributed by atoms with E-state index >= 15 is 0 Å². The monoisotopic (exact) mass is 372 g/mol. The number of pyridine rings is 2. The highest BCUT2D eigenvalue weighted by atomic mass is 79.9. The smallest absolute Gasteiger partial charge is 0.269 e. The Morgan fingerprint density at radius 3 is 2.87 bits per heavy atom. The molecule has 1 aromatic carbocycles. The maximum absolute atomic E-state index is 14.2. The summed E-state index contributed by atoms with van der Waals surface area (Å²) in [6.45, 7) is 0.172. The van der Waals surface area contributed by atoms with Gasteiger partial charge < -0.3 is 4.74 Å². The Labute approximate surface area is 139 Å². The highest BCUT2D eigenvalue weighted by Gasteiger charge is 2.25. The van der Waals surface area contributed by atoms with E-state index in [0.717, 1.165) is 5.56 Å². The topological polar surface area (TPSA) is 44.1 Å². The first-order chi connectivity index (χ1) is 11.2. The normalized spacial score (nSPS) is 12.3. The summed E-state index contributed by atoms with van der Waals surface area (Å²) in [6, 6.07) is 11.5. The summed E-state index contributed by atoms with van der Waals surface area (Å²) in [6.07, 6.45) is 1.66. The third kappa shape index (κ3) is 2.17. The number of aromatic nitrogens is 2. The van der Waals surface area contributed by atoms with Crippen molar-refractivity contribution < 1.29 is 9.13 Å². The number of nitrogens with zero attached hydrogens (tertiary/aromatic N) is 2. The largest absolute Gasteiger partial charge is 0.485 e. The lowest BCUT2D eigenvalue weighted by molar-refractivity contribution is 0.291. The van der Waals surface area contributed by atoms with Crippen LogP contribution in [0.15, 0.2) is 57.9 Å². The molecule has 6 heteroatoms. The van der Waals surface area contributed by atoms with E-state index < -0.39 is 5.82 Å². The fraction of sp³-hybridized carbons (Fsp3) is 0.0588. The second-order valence-electron chi connectivity index (χ2n) is 5.08. The molecular formula is C17H10BrFN2O2. The first-order valence-corrected chi connectivity index (χ1v) is 7.73. The Balaban J connectivity index is 2.09. The minimum atomic E-state index is -0.471. The standard InChI is InChI=1S/C17H10BrFN2O2/c18-11-8-10-14(9-23-15-6-3-7-20-16(10)15)21(17(11)22)13-5-2-1-4-12(13)19/h1-8H,9H2. The zero-order valence-corrected chi connectivity index (χ0v) is 13.4. The summed E-state index contributed by atoms with van der Waals surface area (Å²) >= 11 is 3.27. The number of halogens is 2. The molecule has 2 aromatic heterocycles. The van der Waals surface area contributed by atoms with E-state index in [1.165, 1.54) is 10.6 Å². The molecule has 0 atom stereocenters. The van der Waals surface area contributed by atoms with E-state index in [4.69, 9.17) is 4.74 Å². The quantitative estimate of drug-likeness (QED) is 0.654. The molecule has 0 saturated carbocycles. The molecular weight excluding hydrogens is 363 g/mol. The second-order valence-corrected chi connectivity index (χ2v) is 5.94. The Morgan fingerprint density at radius 1 is 1.22 bits per heavy atom. The Hall–Kier alpha value is -2.47. The van der Waals surface area contributed by atoms with Crippen molar-refractivity contribution in [2.45, 2.75) is 6.61 Å². The van der Waals surface area contributed by atoms with Crippen molar-refractivity contribution in [1.82, 2.24) is 9.55 Å². The lowest BCUT2D eigenvalue weighted by Gasteiger charge is -2.23. The maximum atomic E-state index is 14.2. The lowest BCUT2D eigenvalue weighted by Crippen LogP contribution is -2.27. The zero-order chi connectivity index (χ0) is 16.0. The van der Waals surface area contributed by atoms with Crippen LogP contribution in [0.2, 0.25) is 0 Å². The highest BCUT2D eigenvalue weighted by Crippen LogP contribution is 2.36. The Morgan fingerprint density at radius 2 is 2.04 bits per heavy atom. The van der Waals surface area contributed by atoms with Crippen molar-refractivity contribution >= 4 is 15.9 Å². The molecule has 4 nitrogen and oxygen atoms in total. The number of hydrogen-bond donors (Lipinski definition) is 0. The van der Waals surface area contributed by atoms with Gasteiger partial charge in [0.1, 0.15) is 23.9 Å². The maximum Gasteiger partial charge on any atom is 0.269 e. The average Bonchev–Trinajstić information content (AvgIpc) is 2.57. The molecule has 1 aliphatic heterocycles. The van der Waals surface area contributed by atoms with Crippen LogP contribution in [0.25, 0.3) is 16.9 Å². The zero-order valence-electron chi connectivity index (χ0n) is 11.8. The van der Waals surface area contributed by atoms with Crippen LogP contribution < -0.4 is 10.3 Å². The van der Waals surface area contributed by atoms with Gasteiger partial charge in [-0.1, -0.05) is 12.1 Å². The van der Waals surface area contributed by atoms with Crippen molar-refractivity contribution in [3.8, 4) is 22.7 Å². The molecule has 0 aliphatic carbocycles. The van der Waals surface area contributed by atoms with Crippen LogP contribution in [0, 0.1) is 5.82 Å². The molecule has 23 heavy (non-hydrogen) atoms. The Kier molecular flexibility index (Phi) is 3.27. The number of rotatable bonds is 1. The van der Waals surface area contributed by atoms with Gasteiger partial charge >= 0.3 is 0 Å². The van der Waals surface area contributed by atoms with Crippen molar-refractivity contribution in [3.63, 3.8) is 0 Å². The van der Waals surface area contributed by atoms with E-state index in [1.54, 1.807) is 36.5 Å². The van der Waals surface area contributed by atoms with E-state index in [1.807, 2.05) is 6.07 Å². The van der Waals surface area contributed by atoms with Gasteiger partial charge in [-0.05, 0) is 46.3 Å². The van der Waals surface area contributed by atoms with Crippen LogP contribution in [0.5, 0.6) is 5.75 Å². The summed E-state index contributed by atoms with van der Waals surface area (Å²) in [7, 11) is 0. The molecule has 0 unspecified atom stereocenters. The first kappa shape index (κ1) is 14.1. The number of para-hydroxylation sites is 1. The van der Waals surface area contributed by atoms with Crippen molar-refractivity contribution in [2.75, 3.05) is 0 Å². The van der Waals surface area contributed by atoms with Crippen molar-refractivity contribution in [2.24, 2.45) is 0 Å². The Bertz CT molecular complexity index is 985. The third-order valence-electron chi connectivity index (χ3n) is 3.74. The number of fused-ring (bicyclic) bond motifs is 3. The summed E-state index contributed by atoms with van der Waals surface area (Å²) in [5, 5.41) is 0. The molecule has 0 amide bonds. The van der Waals surface area contributed by atoms with Gasteiger partial charge in [-0.15, -0.1) is 0 Å². The fourth-order valence-electron chi connectivity index (χ4n) is 2.71. The van der Waals surface area contributed by atoms with Crippen LogP contribution in [-0.2, 0) is 6.61 Å². The molecule has 0 saturated heterocycles. The van der Waals surface area contributed by atoms with E-state index in [9.17, 15) is 9.18 Å². The summed E-state index contributed by atoms with van der Waals surface area (Å²) in [5.41, 5.74) is 1.82. The molecule has 0 radical (unpaired) electrons. The summed E-state index contributed by atoms with van der Waals surface area (Å²) < 4.78 is 21.6. The number of hydrogen-bond acceptors (Lipinski definition) is 3. The van der Waals surface area contributed by atoms with Gasteiger partial charge in [-0.3, -0.25) is 14.3 Å². The minimum absolute atomic E-state index is 0.172. The molecule has 4 rings (SSSR count). The van der Waals surface area contributed by atoms with Crippen LogP contribution >= 0.6 is 15.9 Å². The SMILES string of the molecule is O=c1c(Br)cc2c(n1-c1ccccc1F)COc1cccnc1-2. The van der Waals surface area contributed by atoms with Crippen LogP contribution in [0.4, 0.5) is 4.39 Å². The van der Waals surface area contributed by atoms with E-state index in [-0.39, 0.29) is 17.9 Å². The van der Waals surface area contributed by atoms with Crippen LogP contribution in [-0.4, -0.2) is 9.55 Å². The average molecular weight is 373 g/mol.